The Labute approximate surface area is 117 Å². The number of benzene rings is 1. The minimum atomic E-state index is 0.162. The van der Waals surface area contributed by atoms with E-state index in [0.717, 1.165) is 16.9 Å². The van der Waals surface area contributed by atoms with E-state index >= 15 is 0 Å². The van der Waals surface area contributed by atoms with Crippen LogP contribution < -0.4 is 10.1 Å². The molecule has 108 valence electrons. The normalized spacial score (nSPS) is 12.3. The second-order valence-electron chi connectivity index (χ2n) is 4.43. The van der Waals surface area contributed by atoms with Gasteiger partial charge >= 0.3 is 0 Å². The molecule has 7 heteroatoms. The summed E-state index contributed by atoms with van der Waals surface area (Å²) in [4.78, 5) is 0. The summed E-state index contributed by atoms with van der Waals surface area (Å²) in [5.74, 6) is 1.48. The SMILES string of the molecule is COCc1cc(C(C)NCc2nn[nH]n2)ccc1OC. The number of aromatic amines is 1. The van der Waals surface area contributed by atoms with Gasteiger partial charge < -0.3 is 14.8 Å². The fourth-order valence-electron chi connectivity index (χ4n) is 1.96. The smallest absolute Gasteiger partial charge is 0.188 e. The molecule has 1 aromatic heterocycles. The Bertz CT molecular complexity index is 530. The maximum Gasteiger partial charge on any atom is 0.188 e. The van der Waals surface area contributed by atoms with Crippen LogP contribution in [0.15, 0.2) is 18.2 Å². The lowest BCUT2D eigenvalue weighted by molar-refractivity contribution is 0.181. The summed E-state index contributed by atoms with van der Waals surface area (Å²) in [6.07, 6.45) is 0. The van der Waals surface area contributed by atoms with Crippen molar-refractivity contribution in [2.75, 3.05) is 14.2 Å². The van der Waals surface area contributed by atoms with Gasteiger partial charge in [-0.05, 0) is 24.6 Å². The summed E-state index contributed by atoms with van der Waals surface area (Å²) in [5, 5.41) is 17.1. The fourth-order valence-corrected chi connectivity index (χ4v) is 1.96. The molecule has 2 rings (SSSR count). The van der Waals surface area contributed by atoms with Gasteiger partial charge in [0.2, 0.25) is 0 Å². The Kier molecular flexibility index (Phi) is 5.03. The molecule has 0 saturated heterocycles. The van der Waals surface area contributed by atoms with Gasteiger partial charge in [0.05, 0.1) is 20.3 Å². The molecule has 20 heavy (non-hydrogen) atoms. The van der Waals surface area contributed by atoms with Crippen molar-refractivity contribution in [3.05, 3.63) is 35.2 Å². The highest BCUT2D eigenvalue weighted by Crippen LogP contribution is 2.24. The zero-order valence-corrected chi connectivity index (χ0v) is 11.9. The van der Waals surface area contributed by atoms with Crippen molar-refractivity contribution >= 4 is 0 Å². The third-order valence-electron chi connectivity index (χ3n) is 3.06. The van der Waals surface area contributed by atoms with E-state index in [4.69, 9.17) is 9.47 Å². The van der Waals surface area contributed by atoms with Crippen LogP contribution in [0.5, 0.6) is 5.75 Å². The van der Waals surface area contributed by atoms with E-state index in [1.54, 1.807) is 14.2 Å². The number of ether oxygens (including phenoxy) is 2. The molecule has 1 aromatic carbocycles. The van der Waals surface area contributed by atoms with E-state index in [-0.39, 0.29) is 6.04 Å². The van der Waals surface area contributed by atoms with Gasteiger partial charge in [0.25, 0.3) is 0 Å². The second kappa shape index (κ2) is 6.97. The molecule has 0 amide bonds. The Balaban J connectivity index is 2.05. The molecule has 2 N–H and O–H groups in total. The molecule has 0 aliphatic rings. The van der Waals surface area contributed by atoms with Crippen molar-refractivity contribution in [1.82, 2.24) is 25.9 Å². The molecule has 0 spiro atoms. The average molecular weight is 277 g/mol. The standard InChI is InChI=1S/C13H19N5O2/c1-9(14-7-13-15-17-18-16-13)10-4-5-12(20-3)11(6-10)8-19-2/h4-6,9,14H,7-8H2,1-3H3,(H,15,16,17,18). The molecule has 2 aromatic rings. The average Bonchev–Trinajstić information content (AvgIpc) is 2.98. The molecule has 0 aliphatic carbocycles. The van der Waals surface area contributed by atoms with Crippen LogP contribution in [0, 0.1) is 0 Å². The van der Waals surface area contributed by atoms with Crippen LogP contribution in [0.1, 0.15) is 29.9 Å². The first kappa shape index (κ1) is 14.4. The first-order chi connectivity index (χ1) is 9.74. The molecule has 1 atom stereocenters. The van der Waals surface area contributed by atoms with E-state index in [0.29, 0.717) is 19.0 Å². The van der Waals surface area contributed by atoms with E-state index in [1.165, 1.54) is 0 Å². The summed E-state index contributed by atoms with van der Waals surface area (Å²) >= 11 is 0. The molecule has 0 fully saturated rings. The zero-order chi connectivity index (χ0) is 14.4. The van der Waals surface area contributed by atoms with Gasteiger partial charge in [-0.3, -0.25) is 0 Å². The van der Waals surface area contributed by atoms with Gasteiger partial charge in [-0.25, -0.2) is 0 Å². The van der Waals surface area contributed by atoms with Crippen LogP contribution in [0.25, 0.3) is 0 Å². The minimum absolute atomic E-state index is 0.162. The quantitative estimate of drug-likeness (QED) is 0.791. The highest BCUT2D eigenvalue weighted by atomic mass is 16.5. The zero-order valence-electron chi connectivity index (χ0n) is 11.9. The van der Waals surface area contributed by atoms with E-state index in [2.05, 4.69) is 38.9 Å². The third-order valence-corrected chi connectivity index (χ3v) is 3.06. The van der Waals surface area contributed by atoms with Gasteiger partial charge in [0.1, 0.15) is 5.75 Å². The highest BCUT2D eigenvalue weighted by molar-refractivity contribution is 5.38. The third kappa shape index (κ3) is 3.52. The summed E-state index contributed by atoms with van der Waals surface area (Å²) in [7, 11) is 3.33. The summed E-state index contributed by atoms with van der Waals surface area (Å²) in [5.41, 5.74) is 2.18. The number of nitrogens with zero attached hydrogens (tertiary/aromatic N) is 3. The molecular weight excluding hydrogens is 258 g/mol. The Morgan fingerprint density at radius 3 is 2.85 bits per heavy atom. The van der Waals surface area contributed by atoms with E-state index < -0.39 is 0 Å². The van der Waals surface area contributed by atoms with Crippen LogP contribution in [-0.4, -0.2) is 34.8 Å². The lowest BCUT2D eigenvalue weighted by Gasteiger charge is -2.16. The molecular formula is C13H19N5O2. The van der Waals surface area contributed by atoms with Crippen LogP contribution in [0.4, 0.5) is 0 Å². The van der Waals surface area contributed by atoms with E-state index in [9.17, 15) is 0 Å². The summed E-state index contributed by atoms with van der Waals surface area (Å²) in [6, 6.07) is 6.23. The van der Waals surface area contributed by atoms with Crippen molar-refractivity contribution in [3.8, 4) is 5.75 Å². The first-order valence-corrected chi connectivity index (χ1v) is 6.36. The molecule has 0 aliphatic heterocycles. The number of hydrogen-bond acceptors (Lipinski definition) is 6. The van der Waals surface area contributed by atoms with Gasteiger partial charge in [0, 0.05) is 18.7 Å². The lowest BCUT2D eigenvalue weighted by atomic mass is 10.0. The van der Waals surface area contributed by atoms with Gasteiger partial charge in [-0.1, -0.05) is 11.3 Å². The Morgan fingerprint density at radius 1 is 1.35 bits per heavy atom. The molecule has 1 unspecified atom stereocenters. The monoisotopic (exact) mass is 277 g/mol. The molecule has 0 radical (unpaired) electrons. The topological polar surface area (TPSA) is 85.0 Å². The number of nitrogens with one attached hydrogen (secondary N) is 2. The van der Waals surface area contributed by atoms with Crippen LogP contribution >= 0.6 is 0 Å². The predicted octanol–water partition coefficient (Wildman–Crippen LogP) is 1.21. The molecule has 7 nitrogen and oxygen atoms in total. The Hall–Kier alpha value is -1.99. The van der Waals surface area contributed by atoms with Crippen molar-refractivity contribution in [2.45, 2.75) is 26.1 Å². The first-order valence-electron chi connectivity index (χ1n) is 6.36. The van der Waals surface area contributed by atoms with E-state index in [1.807, 2.05) is 12.1 Å². The van der Waals surface area contributed by atoms with Crippen molar-refractivity contribution in [1.29, 1.82) is 0 Å². The summed E-state index contributed by atoms with van der Waals surface area (Å²) < 4.78 is 10.5. The molecule has 1 heterocycles. The second-order valence-corrected chi connectivity index (χ2v) is 4.43. The largest absolute Gasteiger partial charge is 0.496 e. The number of H-pyrrole nitrogens is 1. The highest BCUT2D eigenvalue weighted by Gasteiger charge is 2.10. The number of tetrazole rings is 1. The number of methoxy groups -OCH3 is 2. The van der Waals surface area contributed by atoms with Crippen LogP contribution in [-0.2, 0) is 17.9 Å². The minimum Gasteiger partial charge on any atom is -0.496 e. The van der Waals surface area contributed by atoms with Crippen molar-refractivity contribution in [2.24, 2.45) is 0 Å². The van der Waals surface area contributed by atoms with Gasteiger partial charge in [-0.15, -0.1) is 10.2 Å². The number of rotatable bonds is 7. The van der Waals surface area contributed by atoms with Crippen LogP contribution in [0.3, 0.4) is 0 Å². The molecule has 0 saturated carbocycles. The number of aromatic nitrogens is 4. The predicted molar refractivity (Wildman–Crippen MR) is 73.1 cm³/mol. The fraction of sp³-hybridized carbons (Fsp3) is 0.462. The maximum atomic E-state index is 5.32. The maximum absolute atomic E-state index is 5.32. The summed E-state index contributed by atoms with van der Waals surface area (Å²) in [6.45, 7) is 3.16. The van der Waals surface area contributed by atoms with Crippen molar-refractivity contribution < 1.29 is 9.47 Å². The molecule has 0 bridgehead atoms. The number of hydrogen-bond donors (Lipinski definition) is 2. The Morgan fingerprint density at radius 2 is 2.20 bits per heavy atom. The van der Waals surface area contributed by atoms with Gasteiger partial charge in [-0.2, -0.15) is 5.21 Å². The van der Waals surface area contributed by atoms with Gasteiger partial charge in [0.15, 0.2) is 5.82 Å². The lowest BCUT2D eigenvalue weighted by Crippen LogP contribution is -2.19. The van der Waals surface area contributed by atoms with Crippen LogP contribution in [0.2, 0.25) is 0 Å². The van der Waals surface area contributed by atoms with Crippen molar-refractivity contribution in [3.63, 3.8) is 0 Å².